The molecule has 1 amide bonds. The van der Waals surface area contributed by atoms with Crippen molar-refractivity contribution < 1.29 is 28.2 Å². The quantitative estimate of drug-likeness (QED) is 0.313. The van der Waals surface area contributed by atoms with Crippen molar-refractivity contribution in [1.29, 1.82) is 0 Å². The van der Waals surface area contributed by atoms with Crippen molar-refractivity contribution in [2.45, 2.75) is 54.9 Å². The molecule has 0 bridgehead atoms. The second-order valence-corrected chi connectivity index (χ2v) is 12.4. The molecule has 0 radical (unpaired) electrons. The lowest BCUT2D eigenvalue weighted by Crippen LogP contribution is -2.41. The monoisotopic (exact) mass is 545 g/mol. The first-order chi connectivity index (χ1) is 17.2. The van der Waals surface area contributed by atoms with Crippen LogP contribution in [0.4, 0.5) is 4.79 Å². The van der Waals surface area contributed by atoms with Gasteiger partial charge in [0.1, 0.15) is 5.75 Å². The van der Waals surface area contributed by atoms with Crippen LogP contribution in [0.5, 0.6) is 5.75 Å². The molecule has 0 aromatic heterocycles. The van der Waals surface area contributed by atoms with Gasteiger partial charge in [0.15, 0.2) is 0 Å². The summed E-state index contributed by atoms with van der Waals surface area (Å²) in [6.45, 7) is 5.81. The minimum atomic E-state index is -3.85. The number of hydrogen-bond acceptors (Lipinski definition) is 6. The van der Waals surface area contributed by atoms with E-state index in [-0.39, 0.29) is 34.5 Å². The molecule has 0 spiro atoms. The van der Waals surface area contributed by atoms with Crippen LogP contribution >= 0.6 is 11.6 Å². The lowest BCUT2D eigenvalue weighted by Gasteiger charge is -2.43. The Hall–Kier alpha value is -3.07. The molecule has 0 saturated carbocycles. The number of nitrogens with two attached hydrogens (primary N) is 1. The number of amides is 1. The molecular formula is C28H32ClNO6S. The van der Waals surface area contributed by atoms with Crippen molar-refractivity contribution in [3.05, 3.63) is 88.9 Å². The van der Waals surface area contributed by atoms with Gasteiger partial charge in [0, 0.05) is 5.02 Å². The van der Waals surface area contributed by atoms with Crippen molar-refractivity contribution >= 4 is 27.5 Å². The van der Waals surface area contributed by atoms with Gasteiger partial charge in [0.2, 0.25) is 9.84 Å². The molecule has 4 N–H and O–H groups in total. The number of carbonyl (C=O) groups is 1. The molecule has 2 atom stereocenters. The van der Waals surface area contributed by atoms with Gasteiger partial charge in [-0.15, -0.1) is 0 Å². The van der Waals surface area contributed by atoms with Crippen molar-refractivity contribution in [3.8, 4) is 5.75 Å². The first-order valence-electron chi connectivity index (χ1n) is 11.8. The number of aliphatic hydroxyl groups is 1. The average Bonchev–Trinajstić information content (AvgIpc) is 2.82. The normalized spacial score (nSPS) is 14.5. The first kappa shape index (κ1) is 28.5. The lowest BCUT2D eigenvalue weighted by molar-refractivity contribution is -0.0775. The molecule has 3 rings (SSSR count). The number of ether oxygens (including phenoxy) is 1. The van der Waals surface area contributed by atoms with E-state index in [2.05, 4.69) is 0 Å². The lowest BCUT2D eigenvalue weighted by atomic mass is 9.67. The summed E-state index contributed by atoms with van der Waals surface area (Å²) >= 11 is 6.24. The molecule has 0 aliphatic rings. The van der Waals surface area contributed by atoms with Crippen LogP contribution in [0.2, 0.25) is 5.02 Å². The SMILES string of the molecule is CC(C)(C)[C@](O)(CC(CCOC(N)=O)c1ccc(S(=O)(=O)c2cccc(O)c2)cc1)c1cccc(Cl)c1. The molecule has 7 nitrogen and oxygen atoms in total. The van der Waals surface area contributed by atoms with Crippen molar-refractivity contribution in [2.24, 2.45) is 11.1 Å². The van der Waals surface area contributed by atoms with Crippen molar-refractivity contribution in [1.82, 2.24) is 0 Å². The molecule has 9 heteroatoms. The van der Waals surface area contributed by atoms with Crippen molar-refractivity contribution in [3.63, 3.8) is 0 Å². The van der Waals surface area contributed by atoms with E-state index in [1.165, 1.54) is 36.4 Å². The Balaban J connectivity index is 2.00. The maximum Gasteiger partial charge on any atom is 0.404 e. The summed E-state index contributed by atoms with van der Waals surface area (Å²) < 4.78 is 31.1. The van der Waals surface area contributed by atoms with Gasteiger partial charge in [-0.1, -0.05) is 62.7 Å². The van der Waals surface area contributed by atoms with Crippen LogP contribution in [0.3, 0.4) is 0 Å². The second-order valence-electron chi connectivity index (χ2n) is 10.0. The molecule has 0 saturated heterocycles. The van der Waals surface area contributed by atoms with Crippen LogP contribution in [0, 0.1) is 5.41 Å². The number of hydrogen-bond donors (Lipinski definition) is 3. The Morgan fingerprint density at radius 3 is 2.22 bits per heavy atom. The van der Waals surface area contributed by atoms with Crippen LogP contribution < -0.4 is 5.73 Å². The summed E-state index contributed by atoms with van der Waals surface area (Å²) in [6.07, 6.45) is -0.301. The van der Waals surface area contributed by atoms with Gasteiger partial charge in [0.05, 0.1) is 22.0 Å². The third kappa shape index (κ3) is 6.63. The van der Waals surface area contributed by atoms with Gasteiger partial charge < -0.3 is 20.7 Å². The van der Waals surface area contributed by atoms with Crippen LogP contribution in [0.1, 0.15) is 50.7 Å². The Labute approximate surface area is 222 Å². The van der Waals surface area contributed by atoms with E-state index < -0.39 is 26.9 Å². The topological polar surface area (TPSA) is 127 Å². The summed E-state index contributed by atoms with van der Waals surface area (Å²) in [5.41, 5.74) is 4.64. The number of sulfone groups is 1. The van der Waals surface area contributed by atoms with Gasteiger partial charge in [-0.25, -0.2) is 13.2 Å². The summed E-state index contributed by atoms with van der Waals surface area (Å²) in [6, 6.07) is 18.9. The van der Waals surface area contributed by atoms with E-state index in [9.17, 15) is 23.4 Å². The molecule has 0 heterocycles. The highest BCUT2D eigenvalue weighted by molar-refractivity contribution is 7.91. The van der Waals surface area contributed by atoms with Crippen LogP contribution in [-0.4, -0.2) is 31.3 Å². The van der Waals surface area contributed by atoms with Crippen LogP contribution in [-0.2, 0) is 20.2 Å². The van der Waals surface area contributed by atoms with Crippen molar-refractivity contribution in [2.75, 3.05) is 6.61 Å². The van der Waals surface area contributed by atoms with Gasteiger partial charge in [-0.2, -0.15) is 0 Å². The zero-order valence-corrected chi connectivity index (χ0v) is 22.6. The minimum Gasteiger partial charge on any atom is -0.508 e. The maximum absolute atomic E-state index is 13.1. The highest BCUT2D eigenvalue weighted by atomic mass is 35.5. The molecule has 0 fully saturated rings. The Morgan fingerprint density at radius 2 is 1.65 bits per heavy atom. The van der Waals surface area contributed by atoms with E-state index in [4.69, 9.17) is 22.1 Å². The van der Waals surface area contributed by atoms with E-state index in [1.807, 2.05) is 26.8 Å². The highest BCUT2D eigenvalue weighted by Gasteiger charge is 2.43. The fourth-order valence-corrected chi connectivity index (χ4v) is 5.84. The summed E-state index contributed by atoms with van der Waals surface area (Å²) in [7, 11) is -3.85. The largest absolute Gasteiger partial charge is 0.508 e. The van der Waals surface area contributed by atoms with Crippen LogP contribution in [0.15, 0.2) is 82.6 Å². The number of rotatable bonds is 9. The minimum absolute atomic E-state index is 0.0188. The second kappa shape index (κ2) is 11.1. The zero-order chi connectivity index (χ0) is 27.4. The third-order valence-electron chi connectivity index (χ3n) is 6.59. The fourth-order valence-electron chi connectivity index (χ4n) is 4.35. The first-order valence-corrected chi connectivity index (χ1v) is 13.6. The number of benzene rings is 3. The van der Waals surface area contributed by atoms with Gasteiger partial charge >= 0.3 is 6.09 Å². The van der Waals surface area contributed by atoms with E-state index in [0.717, 1.165) is 5.56 Å². The fraction of sp³-hybridized carbons (Fsp3) is 0.321. The van der Waals surface area contributed by atoms with E-state index in [0.29, 0.717) is 17.0 Å². The molecule has 3 aromatic rings. The summed E-state index contributed by atoms with van der Waals surface area (Å²) in [5, 5.41) is 22.2. The van der Waals surface area contributed by atoms with Gasteiger partial charge in [-0.3, -0.25) is 0 Å². The Morgan fingerprint density at radius 1 is 1.00 bits per heavy atom. The Bertz CT molecular complexity index is 1350. The molecule has 0 aliphatic carbocycles. The number of primary amides is 1. The maximum atomic E-state index is 13.1. The van der Waals surface area contributed by atoms with Gasteiger partial charge in [-0.05, 0) is 77.8 Å². The number of halogens is 1. The van der Waals surface area contributed by atoms with E-state index >= 15 is 0 Å². The molecule has 37 heavy (non-hydrogen) atoms. The number of carbonyl (C=O) groups excluding carboxylic acids is 1. The third-order valence-corrected chi connectivity index (χ3v) is 8.59. The smallest absolute Gasteiger partial charge is 0.404 e. The predicted octanol–water partition coefficient (Wildman–Crippen LogP) is 5.77. The average molecular weight is 546 g/mol. The standard InChI is InChI=1S/C28H32ClNO6S/c1-27(2,3)28(33,21-6-4-7-22(29)16-21)18-20(14-15-36-26(30)32)19-10-12-24(13-11-19)37(34,35)25-9-5-8-23(31)17-25/h4-13,16-17,20,31,33H,14-15,18H2,1-3H3,(H2,30,32)/t20?,28-/m0/s1. The number of phenols is 1. The Kier molecular flexibility index (Phi) is 8.57. The number of phenolic OH excluding ortho intramolecular Hbond substituents is 1. The van der Waals surface area contributed by atoms with E-state index in [1.54, 1.807) is 30.3 Å². The zero-order valence-electron chi connectivity index (χ0n) is 21.0. The molecular weight excluding hydrogens is 514 g/mol. The highest BCUT2D eigenvalue weighted by Crippen LogP contribution is 2.47. The molecule has 0 aliphatic heterocycles. The summed E-state index contributed by atoms with van der Waals surface area (Å²) in [5.74, 6) is -0.463. The molecule has 3 aromatic carbocycles. The van der Waals surface area contributed by atoms with Gasteiger partial charge in [0.25, 0.3) is 0 Å². The predicted molar refractivity (Wildman–Crippen MR) is 142 cm³/mol. The molecule has 1 unspecified atom stereocenters. The molecule has 198 valence electrons. The van der Waals surface area contributed by atoms with Crippen LogP contribution in [0.25, 0.3) is 0 Å². The summed E-state index contributed by atoms with van der Waals surface area (Å²) in [4.78, 5) is 11.2. The number of aromatic hydroxyl groups is 1.